The minimum atomic E-state index is 0.732. The van der Waals surface area contributed by atoms with E-state index in [1.165, 1.54) is 11.1 Å². The van der Waals surface area contributed by atoms with E-state index >= 15 is 0 Å². The Kier molecular flexibility index (Phi) is 6.44. The second-order valence-corrected chi connectivity index (χ2v) is 6.84. The molecule has 0 aliphatic heterocycles. The Morgan fingerprint density at radius 1 is 1.12 bits per heavy atom. The first kappa shape index (κ1) is 18.2. The number of aryl methyl sites for hydroxylation is 1. The van der Waals surface area contributed by atoms with Crippen LogP contribution in [0.1, 0.15) is 30.0 Å². The van der Waals surface area contributed by atoms with Crippen molar-refractivity contribution in [3.05, 3.63) is 71.5 Å². The third-order valence-corrected chi connectivity index (χ3v) is 4.68. The molecule has 0 N–H and O–H groups in total. The Labute approximate surface area is 158 Å². The Hall–Kier alpha value is -2.60. The molecule has 0 fully saturated rings. The maximum absolute atomic E-state index is 5.59. The van der Waals surface area contributed by atoms with Gasteiger partial charge in [0.1, 0.15) is 12.1 Å². The van der Waals surface area contributed by atoms with Gasteiger partial charge in [-0.05, 0) is 48.7 Å². The van der Waals surface area contributed by atoms with Gasteiger partial charge in [0, 0.05) is 5.75 Å². The molecule has 0 aliphatic carbocycles. The highest BCUT2D eigenvalue weighted by Gasteiger charge is 2.04. The lowest BCUT2D eigenvalue weighted by Gasteiger charge is -2.04. The fraction of sp³-hybridized carbons (Fsp3) is 0.250. The van der Waals surface area contributed by atoms with Crippen LogP contribution < -0.4 is 4.74 Å². The van der Waals surface area contributed by atoms with Crippen LogP contribution in [0, 0.1) is 6.92 Å². The normalized spacial score (nSPS) is 11.2. The van der Waals surface area contributed by atoms with E-state index in [0.717, 1.165) is 35.2 Å². The topological polar surface area (TPSA) is 52.3 Å². The van der Waals surface area contributed by atoms with Crippen molar-refractivity contribution in [1.82, 2.24) is 14.9 Å². The van der Waals surface area contributed by atoms with Crippen molar-refractivity contribution in [3.63, 3.8) is 0 Å². The minimum Gasteiger partial charge on any atom is -0.494 e. The Balaban J connectivity index is 1.60. The molecule has 134 valence electrons. The van der Waals surface area contributed by atoms with Gasteiger partial charge < -0.3 is 4.74 Å². The van der Waals surface area contributed by atoms with Crippen LogP contribution in [0.25, 0.3) is 0 Å². The van der Waals surface area contributed by atoms with Crippen LogP contribution in [0.5, 0.6) is 5.75 Å². The molecule has 0 atom stereocenters. The number of hydrogen-bond donors (Lipinski definition) is 0. The van der Waals surface area contributed by atoms with E-state index in [9.17, 15) is 0 Å². The summed E-state index contributed by atoms with van der Waals surface area (Å²) in [5.74, 6) is 1.71. The molecule has 5 nitrogen and oxygen atoms in total. The fourth-order valence-corrected chi connectivity index (χ4v) is 3.04. The Morgan fingerprint density at radius 2 is 1.88 bits per heavy atom. The average Bonchev–Trinajstić information content (AvgIpc) is 3.12. The maximum Gasteiger partial charge on any atom is 0.212 e. The third-order valence-electron chi connectivity index (χ3n) is 3.67. The first-order valence-electron chi connectivity index (χ1n) is 8.60. The van der Waals surface area contributed by atoms with Crippen molar-refractivity contribution >= 4 is 18.0 Å². The molecule has 0 saturated carbocycles. The summed E-state index contributed by atoms with van der Waals surface area (Å²) in [5.41, 5.74) is 3.51. The van der Waals surface area contributed by atoms with Crippen molar-refractivity contribution in [2.45, 2.75) is 31.2 Å². The predicted octanol–water partition coefficient (Wildman–Crippen LogP) is 4.55. The number of ether oxygens (including phenoxy) is 1. The van der Waals surface area contributed by atoms with E-state index in [0.29, 0.717) is 0 Å². The summed E-state index contributed by atoms with van der Waals surface area (Å²) < 4.78 is 7.28. The molecule has 3 rings (SSSR count). The molecule has 0 amide bonds. The number of thioether (sulfide) groups is 1. The Morgan fingerprint density at radius 3 is 2.62 bits per heavy atom. The zero-order chi connectivity index (χ0) is 18.2. The molecule has 0 saturated heterocycles. The quantitative estimate of drug-likeness (QED) is 0.433. The number of nitrogens with zero attached hydrogens (tertiary/aromatic N) is 4. The lowest BCUT2D eigenvalue weighted by Crippen LogP contribution is -1.95. The van der Waals surface area contributed by atoms with Crippen LogP contribution in [0.4, 0.5) is 0 Å². The van der Waals surface area contributed by atoms with Gasteiger partial charge in [-0.2, -0.15) is 9.78 Å². The molecule has 26 heavy (non-hydrogen) atoms. The van der Waals surface area contributed by atoms with Crippen molar-refractivity contribution in [3.8, 4) is 5.75 Å². The van der Waals surface area contributed by atoms with Crippen molar-refractivity contribution in [1.29, 1.82) is 0 Å². The molecule has 0 unspecified atom stereocenters. The molecular formula is C20H22N4OS. The van der Waals surface area contributed by atoms with Crippen molar-refractivity contribution in [2.24, 2.45) is 5.10 Å². The molecular weight excluding hydrogens is 344 g/mol. The van der Waals surface area contributed by atoms with Gasteiger partial charge >= 0.3 is 0 Å². The highest BCUT2D eigenvalue weighted by atomic mass is 32.2. The predicted molar refractivity (Wildman–Crippen MR) is 106 cm³/mol. The SMILES string of the molecule is CCCOc1ccc(C=Nn2cnnc2SCc2ccc(C)cc2)cc1. The highest BCUT2D eigenvalue weighted by Crippen LogP contribution is 2.20. The summed E-state index contributed by atoms with van der Waals surface area (Å²) in [4.78, 5) is 0. The van der Waals surface area contributed by atoms with E-state index < -0.39 is 0 Å². The zero-order valence-electron chi connectivity index (χ0n) is 15.0. The van der Waals surface area contributed by atoms with Gasteiger partial charge in [-0.25, -0.2) is 0 Å². The third kappa shape index (κ3) is 5.20. The van der Waals surface area contributed by atoms with Crippen LogP contribution in [-0.2, 0) is 5.75 Å². The monoisotopic (exact) mass is 366 g/mol. The average molecular weight is 366 g/mol. The second-order valence-electron chi connectivity index (χ2n) is 5.89. The van der Waals surface area contributed by atoms with Gasteiger partial charge in [-0.15, -0.1) is 10.2 Å². The van der Waals surface area contributed by atoms with E-state index in [4.69, 9.17) is 4.74 Å². The van der Waals surface area contributed by atoms with Crippen molar-refractivity contribution in [2.75, 3.05) is 6.61 Å². The standard InChI is InChI=1S/C20H22N4OS/c1-3-12-25-19-10-8-17(9-11-19)13-22-24-15-21-23-20(24)26-14-18-6-4-16(2)5-7-18/h4-11,13,15H,3,12,14H2,1-2H3. The maximum atomic E-state index is 5.59. The fourth-order valence-electron chi connectivity index (χ4n) is 2.22. The summed E-state index contributed by atoms with van der Waals surface area (Å²) in [6.07, 6.45) is 4.41. The molecule has 2 aromatic carbocycles. The van der Waals surface area contributed by atoms with Crippen LogP contribution >= 0.6 is 11.8 Å². The van der Waals surface area contributed by atoms with Gasteiger partial charge in [-0.1, -0.05) is 48.5 Å². The van der Waals surface area contributed by atoms with E-state index in [2.05, 4.69) is 53.4 Å². The van der Waals surface area contributed by atoms with Crippen LogP contribution in [0.15, 0.2) is 65.1 Å². The number of rotatable bonds is 8. The summed E-state index contributed by atoms with van der Waals surface area (Å²) >= 11 is 1.61. The number of aromatic nitrogens is 3. The molecule has 0 bridgehead atoms. The van der Waals surface area contributed by atoms with Crippen LogP contribution in [0.3, 0.4) is 0 Å². The first-order valence-corrected chi connectivity index (χ1v) is 9.59. The molecule has 0 radical (unpaired) electrons. The van der Waals surface area contributed by atoms with Gasteiger partial charge in [0.25, 0.3) is 0 Å². The van der Waals surface area contributed by atoms with E-state index in [1.807, 2.05) is 24.3 Å². The largest absolute Gasteiger partial charge is 0.494 e. The van der Waals surface area contributed by atoms with Crippen LogP contribution in [-0.4, -0.2) is 27.7 Å². The van der Waals surface area contributed by atoms with Gasteiger partial charge in [0.15, 0.2) is 0 Å². The number of hydrogen-bond acceptors (Lipinski definition) is 5. The molecule has 0 aliphatic rings. The molecule has 1 aromatic heterocycles. The minimum absolute atomic E-state index is 0.732. The molecule has 3 aromatic rings. The summed E-state index contributed by atoms with van der Waals surface area (Å²) in [6, 6.07) is 16.4. The van der Waals surface area contributed by atoms with Gasteiger partial charge in [0.05, 0.1) is 12.8 Å². The lowest BCUT2D eigenvalue weighted by atomic mass is 10.2. The first-order chi connectivity index (χ1) is 12.7. The molecule has 6 heteroatoms. The molecule has 1 heterocycles. The lowest BCUT2D eigenvalue weighted by molar-refractivity contribution is 0.317. The zero-order valence-corrected chi connectivity index (χ0v) is 15.8. The van der Waals surface area contributed by atoms with Crippen LogP contribution in [0.2, 0.25) is 0 Å². The van der Waals surface area contributed by atoms with Gasteiger partial charge in [0.2, 0.25) is 5.16 Å². The second kappa shape index (κ2) is 9.20. The Bertz CT molecular complexity index is 841. The highest BCUT2D eigenvalue weighted by molar-refractivity contribution is 7.98. The number of benzene rings is 2. The van der Waals surface area contributed by atoms with Gasteiger partial charge in [-0.3, -0.25) is 0 Å². The summed E-state index contributed by atoms with van der Waals surface area (Å²) in [6.45, 7) is 4.91. The van der Waals surface area contributed by atoms with E-state index in [-0.39, 0.29) is 0 Å². The summed E-state index contributed by atoms with van der Waals surface area (Å²) in [5, 5.41) is 13.3. The van der Waals surface area contributed by atoms with Crippen molar-refractivity contribution < 1.29 is 4.74 Å². The summed E-state index contributed by atoms with van der Waals surface area (Å²) in [7, 11) is 0. The van der Waals surface area contributed by atoms with E-state index in [1.54, 1.807) is 29.0 Å². The molecule has 0 spiro atoms. The smallest absolute Gasteiger partial charge is 0.212 e.